The van der Waals surface area contributed by atoms with Gasteiger partial charge in [-0.15, -0.1) is 0 Å². The van der Waals surface area contributed by atoms with E-state index in [9.17, 15) is 9.90 Å². The van der Waals surface area contributed by atoms with Gasteiger partial charge < -0.3 is 15.2 Å². The predicted molar refractivity (Wildman–Crippen MR) is 103 cm³/mol. The maximum atomic E-state index is 12.5. The van der Waals surface area contributed by atoms with Gasteiger partial charge in [-0.3, -0.25) is 0 Å². The molecule has 0 aromatic heterocycles. The summed E-state index contributed by atoms with van der Waals surface area (Å²) in [5.41, 5.74) is 4.93. The van der Waals surface area contributed by atoms with Crippen LogP contribution in [0.3, 0.4) is 0 Å². The van der Waals surface area contributed by atoms with Gasteiger partial charge in [0.1, 0.15) is 6.61 Å². The minimum atomic E-state index is -0.328. The van der Waals surface area contributed by atoms with Gasteiger partial charge in [0.05, 0.1) is 0 Å². The first-order valence-electron chi connectivity index (χ1n) is 9.97. The molecule has 4 atom stereocenters. The molecule has 2 aromatic carbocycles. The zero-order chi connectivity index (χ0) is 18.4. The van der Waals surface area contributed by atoms with E-state index in [-0.39, 0.29) is 24.7 Å². The quantitative estimate of drug-likeness (QED) is 0.865. The molecule has 2 bridgehead atoms. The molecule has 2 aromatic rings. The molecule has 3 aliphatic rings. The average molecular weight is 363 g/mol. The zero-order valence-corrected chi connectivity index (χ0v) is 15.3. The van der Waals surface area contributed by atoms with Gasteiger partial charge >= 0.3 is 6.09 Å². The van der Waals surface area contributed by atoms with E-state index < -0.39 is 0 Å². The first-order chi connectivity index (χ1) is 13.2. The predicted octanol–water partition coefficient (Wildman–Crippen LogP) is 3.93. The summed E-state index contributed by atoms with van der Waals surface area (Å²) in [6, 6.07) is 16.9. The second-order valence-corrected chi connectivity index (χ2v) is 8.26. The molecule has 0 saturated heterocycles. The number of alkyl carbamates (subject to hydrolysis) is 1. The highest BCUT2D eigenvalue weighted by molar-refractivity contribution is 5.79. The number of aliphatic hydroxyl groups excluding tert-OH is 1. The van der Waals surface area contributed by atoms with Gasteiger partial charge in [0.15, 0.2) is 0 Å². The highest BCUT2D eigenvalue weighted by Gasteiger charge is 2.46. The van der Waals surface area contributed by atoms with Gasteiger partial charge in [0, 0.05) is 18.6 Å². The Labute approximate surface area is 159 Å². The number of benzene rings is 2. The monoisotopic (exact) mass is 363 g/mol. The maximum Gasteiger partial charge on any atom is 0.407 e. The normalized spacial score (nSPS) is 28.0. The van der Waals surface area contributed by atoms with Crippen LogP contribution in [0.5, 0.6) is 0 Å². The molecule has 0 radical (unpaired) electrons. The molecule has 0 spiro atoms. The van der Waals surface area contributed by atoms with E-state index in [2.05, 4.69) is 41.7 Å². The molecular weight excluding hydrogens is 338 g/mol. The topological polar surface area (TPSA) is 58.6 Å². The van der Waals surface area contributed by atoms with Crippen molar-refractivity contribution in [1.29, 1.82) is 0 Å². The molecule has 4 nitrogen and oxygen atoms in total. The van der Waals surface area contributed by atoms with Gasteiger partial charge in [0.2, 0.25) is 0 Å². The van der Waals surface area contributed by atoms with Crippen LogP contribution in [-0.4, -0.2) is 30.5 Å². The van der Waals surface area contributed by atoms with Crippen molar-refractivity contribution >= 4 is 6.09 Å². The number of carbonyl (C=O) groups excluding carboxylic acids is 1. The van der Waals surface area contributed by atoms with Gasteiger partial charge in [-0.2, -0.15) is 0 Å². The van der Waals surface area contributed by atoms with Crippen LogP contribution in [0.25, 0.3) is 11.1 Å². The number of fused-ring (bicyclic) bond motifs is 5. The first-order valence-corrected chi connectivity index (χ1v) is 9.97. The number of aliphatic hydroxyl groups is 1. The van der Waals surface area contributed by atoms with E-state index >= 15 is 0 Å². The Bertz CT molecular complexity index is 819. The Morgan fingerprint density at radius 2 is 1.67 bits per heavy atom. The third kappa shape index (κ3) is 2.83. The first kappa shape index (κ1) is 16.8. The summed E-state index contributed by atoms with van der Waals surface area (Å²) in [6.07, 6.45) is 2.92. The fourth-order valence-corrected chi connectivity index (χ4v) is 5.66. The molecule has 2 N–H and O–H groups in total. The van der Waals surface area contributed by atoms with Gasteiger partial charge in [-0.25, -0.2) is 4.79 Å². The van der Waals surface area contributed by atoms with Crippen molar-refractivity contribution in [2.24, 2.45) is 17.8 Å². The SMILES string of the molecule is O=C(N[C@H]1CC2CC1[C@@H](CO)C2)OCC1c2ccccc2-c2ccccc21. The van der Waals surface area contributed by atoms with Crippen LogP contribution in [0.1, 0.15) is 36.3 Å². The molecule has 5 rings (SSSR count). The average Bonchev–Trinajstić information content (AvgIpc) is 3.37. The Kier molecular flexibility index (Phi) is 4.16. The highest BCUT2D eigenvalue weighted by Crippen LogP contribution is 2.48. The lowest BCUT2D eigenvalue weighted by atomic mass is 9.86. The van der Waals surface area contributed by atoms with Crippen LogP contribution in [0.15, 0.2) is 48.5 Å². The standard InChI is InChI=1S/C23H25NO3/c25-12-15-9-14-10-20(15)22(11-14)24-23(26)27-13-21-18-7-3-1-5-16(18)17-6-2-4-8-19(17)21/h1-8,14-15,20-22,25H,9-13H2,(H,24,26)/t14?,15-,20?,22+/m1/s1. The van der Waals surface area contributed by atoms with E-state index in [1.807, 2.05) is 12.1 Å². The number of ether oxygens (including phenoxy) is 1. The number of carbonyl (C=O) groups is 1. The van der Waals surface area contributed by atoms with E-state index in [0.717, 1.165) is 19.3 Å². The van der Waals surface area contributed by atoms with Crippen LogP contribution in [-0.2, 0) is 4.74 Å². The minimum Gasteiger partial charge on any atom is -0.449 e. The van der Waals surface area contributed by atoms with Crippen molar-refractivity contribution in [3.05, 3.63) is 59.7 Å². The summed E-state index contributed by atoms with van der Waals surface area (Å²) >= 11 is 0. The van der Waals surface area contributed by atoms with Crippen LogP contribution >= 0.6 is 0 Å². The second-order valence-electron chi connectivity index (χ2n) is 8.26. The van der Waals surface area contributed by atoms with Crippen molar-refractivity contribution in [2.45, 2.75) is 31.2 Å². The molecule has 2 fully saturated rings. The summed E-state index contributed by atoms with van der Waals surface area (Å²) in [4.78, 5) is 12.5. The fourth-order valence-electron chi connectivity index (χ4n) is 5.66. The zero-order valence-electron chi connectivity index (χ0n) is 15.3. The maximum absolute atomic E-state index is 12.5. The lowest BCUT2D eigenvalue weighted by Crippen LogP contribution is -2.42. The molecule has 2 unspecified atom stereocenters. The second kappa shape index (κ2) is 6.68. The summed E-state index contributed by atoms with van der Waals surface area (Å²) in [7, 11) is 0. The molecule has 140 valence electrons. The van der Waals surface area contributed by atoms with Gasteiger partial charge in [0.25, 0.3) is 0 Å². The molecule has 1 amide bonds. The molecule has 0 aliphatic heterocycles. The van der Waals surface area contributed by atoms with Crippen molar-refractivity contribution in [3.63, 3.8) is 0 Å². The molecule has 3 aliphatic carbocycles. The Balaban J connectivity index is 1.26. The largest absolute Gasteiger partial charge is 0.449 e. The molecule has 4 heteroatoms. The Hall–Kier alpha value is -2.33. The van der Waals surface area contributed by atoms with Gasteiger partial charge in [-0.1, -0.05) is 48.5 Å². The van der Waals surface area contributed by atoms with Crippen molar-refractivity contribution < 1.29 is 14.6 Å². The number of amides is 1. The van der Waals surface area contributed by atoms with E-state index in [1.165, 1.54) is 22.3 Å². The number of rotatable bonds is 4. The Morgan fingerprint density at radius 1 is 1.00 bits per heavy atom. The van der Waals surface area contributed by atoms with Crippen molar-refractivity contribution in [2.75, 3.05) is 13.2 Å². The third-order valence-electron chi connectivity index (χ3n) is 6.83. The van der Waals surface area contributed by atoms with E-state index in [4.69, 9.17) is 4.74 Å². The number of nitrogens with one attached hydrogen (secondary N) is 1. The summed E-state index contributed by atoms with van der Waals surface area (Å²) in [5.74, 6) is 1.47. The summed E-state index contributed by atoms with van der Waals surface area (Å²) in [6.45, 7) is 0.578. The summed E-state index contributed by atoms with van der Waals surface area (Å²) in [5, 5.41) is 12.6. The summed E-state index contributed by atoms with van der Waals surface area (Å²) < 4.78 is 5.67. The van der Waals surface area contributed by atoms with Crippen LogP contribution < -0.4 is 5.32 Å². The van der Waals surface area contributed by atoms with Crippen molar-refractivity contribution in [1.82, 2.24) is 5.32 Å². The number of hydrogen-bond acceptors (Lipinski definition) is 3. The molecule has 27 heavy (non-hydrogen) atoms. The minimum absolute atomic E-state index is 0.0911. The highest BCUT2D eigenvalue weighted by atomic mass is 16.5. The smallest absolute Gasteiger partial charge is 0.407 e. The molecular formula is C23H25NO3. The van der Waals surface area contributed by atoms with Crippen LogP contribution in [0.4, 0.5) is 4.79 Å². The number of hydrogen-bond donors (Lipinski definition) is 2. The Morgan fingerprint density at radius 3 is 2.30 bits per heavy atom. The molecule has 0 heterocycles. The third-order valence-corrected chi connectivity index (χ3v) is 6.83. The van der Waals surface area contributed by atoms with E-state index in [0.29, 0.717) is 24.4 Å². The van der Waals surface area contributed by atoms with Gasteiger partial charge in [-0.05, 0) is 59.3 Å². The van der Waals surface area contributed by atoms with Crippen LogP contribution in [0, 0.1) is 17.8 Å². The van der Waals surface area contributed by atoms with Crippen LogP contribution in [0.2, 0.25) is 0 Å². The lowest BCUT2D eigenvalue weighted by molar-refractivity contribution is 0.120. The lowest BCUT2D eigenvalue weighted by Gasteiger charge is -2.28. The van der Waals surface area contributed by atoms with Crippen molar-refractivity contribution in [3.8, 4) is 11.1 Å². The fraction of sp³-hybridized carbons (Fsp3) is 0.435. The molecule has 2 saturated carbocycles. The van der Waals surface area contributed by atoms with E-state index in [1.54, 1.807) is 0 Å².